The van der Waals surface area contributed by atoms with E-state index in [0.717, 1.165) is 6.42 Å². The second kappa shape index (κ2) is 6.40. The summed E-state index contributed by atoms with van der Waals surface area (Å²) in [4.78, 5) is 7.48. The highest BCUT2D eigenvalue weighted by Crippen LogP contribution is 2.20. The summed E-state index contributed by atoms with van der Waals surface area (Å²) in [6.07, 6.45) is 5.24. The number of nitrogens with one attached hydrogen (secondary N) is 1. The van der Waals surface area contributed by atoms with Crippen molar-refractivity contribution in [3.63, 3.8) is 0 Å². The minimum Gasteiger partial charge on any atom is -0.449 e. The molecular formula is C16H18FN3O. The van der Waals surface area contributed by atoms with Crippen LogP contribution in [0.2, 0.25) is 0 Å². The molecule has 0 spiro atoms. The summed E-state index contributed by atoms with van der Waals surface area (Å²) >= 11 is 0. The average molecular weight is 287 g/mol. The van der Waals surface area contributed by atoms with Crippen molar-refractivity contribution >= 4 is 5.69 Å². The van der Waals surface area contributed by atoms with E-state index < -0.39 is 5.66 Å². The van der Waals surface area contributed by atoms with Gasteiger partial charge in [-0.15, -0.1) is 0 Å². The summed E-state index contributed by atoms with van der Waals surface area (Å²) in [5, 5.41) is 3.00. The van der Waals surface area contributed by atoms with Crippen molar-refractivity contribution in [1.82, 2.24) is 4.98 Å². The zero-order valence-corrected chi connectivity index (χ0v) is 12.2. The molecule has 0 bridgehead atoms. The predicted molar refractivity (Wildman–Crippen MR) is 79.2 cm³/mol. The van der Waals surface area contributed by atoms with Gasteiger partial charge in [0, 0.05) is 26.0 Å². The third kappa shape index (κ3) is 4.32. The number of hydrogen-bond acceptors (Lipinski definition) is 3. The highest BCUT2D eigenvalue weighted by molar-refractivity contribution is 5.47. The van der Waals surface area contributed by atoms with Crippen LogP contribution in [-0.4, -0.2) is 10.6 Å². The predicted octanol–water partition coefficient (Wildman–Crippen LogP) is 4.06. The third-order valence-corrected chi connectivity index (χ3v) is 3.10. The number of aryl methyl sites for hydroxylation is 2. The highest BCUT2D eigenvalue weighted by Gasteiger charge is 2.21. The van der Waals surface area contributed by atoms with Crippen molar-refractivity contribution in [2.24, 2.45) is 0 Å². The molecular weight excluding hydrogens is 269 g/mol. The van der Waals surface area contributed by atoms with Gasteiger partial charge in [-0.05, 0) is 30.5 Å². The van der Waals surface area contributed by atoms with Crippen LogP contribution in [0.25, 0.3) is 4.85 Å². The number of anilines is 1. The van der Waals surface area contributed by atoms with Gasteiger partial charge in [-0.2, -0.15) is 0 Å². The lowest BCUT2D eigenvalue weighted by Crippen LogP contribution is -2.26. The summed E-state index contributed by atoms with van der Waals surface area (Å²) in [6, 6.07) is 5.00. The summed E-state index contributed by atoms with van der Waals surface area (Å²) in [6.45, 7) is 10.6. The lowest BCUT2D eigenvalue weighted by molar-refractivity contribution is 0.485. The number of nitrogens with zero attached hydrogens (tertiary/aromatic N) is 2. The van der Waals surface area contributed by atoms with Crippen molar-refractivity contribution in [2.75, 3.05) is 5.32 Å². The van der Waals surface area contributed by atoms with E-state index in [4.69, 9.17) is 11.0 Å². The maximum atomic E-state index is 14.0. The van der Waals surface area contributed by atoms with Gasteiger partial charge in [0.1, 0.15) is 12.1 Å². The molecule has 0 amide bonds. The van der Waals surface area contributed by atoms with Gasteiger partial charge in [0.2, 0.25) is 0 Å². The molecule has 2 aromatic rings. The Balaban J connectivity index is 1.94. The molecule has 0 aliphatic carbocycles. The van der Waals surface area contributed by atoms with Gasteiger partial charge in [0.15, 0.2) is 5.89 Å². The second-order valence-electron chi connectivity index (χ2n) is 5.38. The number of halogens is 1. The van der Waals surface area contributed by atoms with Crippen LogP contribution >= 0.6 is 0 Å². The fraction of sp³-hybridized carbons (Fsp3) is 0.375. The second-order valence-corrected chi connectivity index (χ2v) is 5.38. The van der Waals surface area contributed by atoms with E-state index in [1.807, 2.05) is 0 Å². The summed E-state index contributed by atoms with van der Waals surface area (Å²) < 4.78 is 19.2. The van der Waals surface area contributed by atoms with E-state index in [1.165, 1.54) is 12.3 Å². The van der Waals surface area contributed by atoms with Crippen LogP contribution in [-0.2, 0) is 12.8 Å². The first-order valence-corrected chi connectivity index (χ1v) is 6.84. The lowest BCUT2D eigenvalue weighted by atomic mass is 10.1. The number of rotatable bonds is 6. The Morgan fingerprint density at radius 2 is 2.19 bits per heavy atom. The molecule has 0 aliphatic heterocycles. The fourth-order valence-corrected chi connectivity index (χ4v) is 2.02. The van der Waals surface area contributed by atoms with Crippen LogP contribution < -0.4 is 5.32 Å². The van der Waals surface area contributed by atoms with E-state index >= 15 is 0 Å². The van der Waals surface area contributed by atoms with E-state index in [-0.39, 0.29) is 5.82 Å². The Hall–Kier alpha value is -2.35. The van der Waals surface area contributed by atoms with Crippen molar-refractivity contribution < 1.29 is 8.81 Å². The molecule has 110 valence electrons. The van der Waals surface area contributed by atoms with Crippen molar-refractivity contribution in [3.8, 4) is 0 Å². The van der Waals surface area contributed by atoms with Gasteiger partial charge in [-0.25, -0.2) is 15.9 Å². The normalized spacial score (nSPS) is 11.1. The van der Waals surface area contributed by atoms with Crippen LogP contribution in [0.4, 0.5) is 10.1 Å². The molecule has 0 radical (unpaired) electrons. The van der Waals surface area contributed by atoms with Crippen LogP contribution in [0, 0.1) is 12.4 Å². The number of hydrogen-bond donors (Lipinski definition) is 1. The molecule has 0 saturated carbocycles. The molecule has 1 N–H and O–H groups in total. The standard InChI is InChI=1S/C16H18FN3O/c1-16(2,18-3)20-13-8-7-12(14(17)11-13)5-4-6-15-19-9-10-21-15/h7-11,20H,4-6H2,1-2H3. The first-order valence-electron chi connectivity index (χ1n) is 6.84. The van der Waals surface area contributed by atoms with E-state index in [9.17, 15) is 4.39 Å². The van der Waals surface area contributed by atoms with E-state index in [2.05, 4.69) is 15.1 Å². The Morgan fingerprint density at radius 3 is 2.81 bits per heavy atom. The van der Waals surface area contributed by atoms with Crippen molar-refractivity contribution in [3.05, 3.63) is 59.3 Å². The minimum absolute atomic E-state index is 0.256. The zero-order valence-electron chi connectivity index (χ0n) is 12.2. The molecule has 0 saturated heterocycles. The monoisotopic (exact) mass is 287 g/mol. The lowest BCUT2D eigenvalue weighted by Gasteiger charge is -2.15. The average Bonchev–Trinajstić information content (AvgIpc) is 2.94. The first kappa shape index (κ1) is 15.0. The molecule has 0 unspecified atom stereocenters. The Labute approximate surface area is 123 Å². The van der Waals surface area contributed by atoms with Gasteiger partial charge >= 0.3 is 0 Å². The highest BCUT2D eigenvalue weighted by atomic mass is 19.1. The van der Waals surface area contributed by atoms with Gasteiger partial charge in [-0.3, -0.25) is 4.85 Å². The summed E-state index contributed by atoms with van der Waals surface area (Å²) in [5.74, 6) is 0.417. The molecule has 0 atom stereocenters. The van der Waals surface area contributed by atoms with Gasteiger partial charge in [-0.1, -0.05) is 6.07 Å². The van der Waals surface area contributed by atoms with Gasteiger partial charge < -0.3 is 9.73 Å². The smallest absolute Gasteiger partial charge is 0.299 e. The van der Waals surface area contributed by atoms with Crippen LogP contribution in [0.3, 0.4) is 0 Å². The molecule has 1 aromatic heterocycles. The number of aromatic nitrogens is 1. The van der Waals surface area contributed by atoms with Crippen molar-refractivity contribution in [2.45, 2.75) is 38.8 Å². The SMILES string of the molecule is [C-]#[N+]C(C)(C)Nc1ccc(CCCc2ncco2)c(F)c1. The summed E-state index contributed by atoms with van der Waals surface area (Å²) in [7, 11) is 0. The Morgan fingerprint density at radius 1 is 1.38 bits per heavy atom. The molecule has 5 heteroatoms. The van der Waals surface area contributed by atoms with E-state index in [1.54, 1.807) is 32.2 Å². The maximum Gasteiger partial charge on any atom is 0.299 e. The van der Waals surface area contributed by atoms with Crippen molar-refractivity contribution in [1.29, 1.82) is 0 Å². The van der Waals surface area contributed by atoms with Gasteiger partial charge in [0.25, 0.3) is 5.66 Å². The fourth-order valence-electron chi connectivity index (χ4n) is 2.02. The van der Waals surface area contributed by atoms with E-state index in [0.29, 0.717) is 30.0 Å². The number of benzene rings is 1. The minimum atomic E-state index is -0.737. The molecule has 1 heterocycles. The third-order valence-electron chi connectivity index (χ3n) is 3.10. The largest absolute Gasteiger partial charge is 0.449 e. The number of oxazole rings is 1. The molecule has 2 rings (SSSR count). The Kier molecular flexibility index (Phi) is 4.59. The molecule has 4 nitrogen and oxygen atoms in total. The maximum absolute atomic E-state index is 14.0. The topological polar surface area (TPSA) is 42.4 Å². The molecule has 0 aliphatic rings. The van der Waals surface area contributed by atoms with Crippen LogP contribution in [0.15, 0.2) is 35.1 Å². The van der Waals surface area contributed by atoms with Crippen LogP contribution in [0.1, 0.15) is 31.7 Å². The quantitative estimate of drug-likeness (QED) is 0.815. The zero-order chi connectivity index (χ0) is 15.3. The van der Waals surface area contributed by atoms with Crippen LogP contribution in [0.5, 0.6) is 0 Å². The first-order chi connectivity index (χ1) is 10.00. The Bertz CT molecular complexity index is 629. The molecule has 21 heavy (non-hydrogen) atoms. The summed E-state index contributed by atoms with van der Waals surface area (Å²) in [5.41, 5.74) is 0.538. The molecule has 0 fully saturated rings. The molecule has 1 aromatic carbocycles. The van der Waals surface area contributed by atoms with Gasteiger partial charge in [0.05, 0.1) is 6.20 Å².